The van der Waals surface area contributed by atoms with Crippen LogP contribution in [0.3, 0.4) is 0 Å². The van der Waals surface area contributed by atoms with Crippen LogP contribution in [0, 0.1) is 30.6 Å². The zero-order valence-electron chi connectivity index (χ0n) is 24.7. The minimum Gasteiger partial charge on any atom is -0.503 e. The van der Waals surface area contributed by atoms with Gasteiger partial charge in [-0.15, -0.1) is 0 Å². The number of phenolic OH excluding ortho intramolecular Hbond substituents is 1. The number of carbonyl (C=O) groups excluding carboxylic acids is 4. The van der Waals surface area contributed by atoms with Crippen LogP contribution < -0.4 is 10.2 Å². The minimum absolute atomic E-state index is 0.0932. The van der Waals surface area contributed by atoms with Gasteiger partial charge in [-0.05, 0) is 86.9 Å². The fourth-order valence-corrected chi connectivity index (χ4v) is 9.01. The molecule has 2 aliphatic heterocycles. The molecule has 6 unspecified atom stereocenters. The number of aryl methyl sites for hydroxylation is 1. The maximum atomic E-state index is 15.2. The Labute approximate surface area is 281 Å². The first-order valence-electron chi connectivity index (χ1n) is 14.8. The predicted octanol–water partition coefficient (Wildman–Crippen LogP) is 5.61. The molecule has 2 aliphatic carbocycles. The number of hydroxylamine groups is 2. The normalized spacial score (nSPS) is 28.5. The van der Waals surface area contributed by atoms with Gasteiger partial charge in [0.2, 0.25) is 0 Å². The van der Waals surface area contributed by atoms with Gasteiger partial charge in [0.05, 0.1) is 40.4 Å². The number of amides is 4. The number of halogens is 2. The molecular weight excluding hydrogens is 722 g/mol. The molecular formula is C34H29Br2N3O7. The number of hydrogen-bond donors (Lipinski definition) is 3. The number of benzene rings is 3. The molecule has 6 atom stereocenters. The summed E-state index contributed by atoms with van der Waals surface area (Å²) in [5, 5.41) is 22.5. The standard InChI is InChI=1S/C34H29Br2N3O7/c1-16-8-10-18(11-9-16)37-38-31(42)23-14-21-19(12-13-20-25(21)32(43)39(45)30(20)41)26(22-15-24(46-2)29(40)28(36)27(22)35)34(23,33(38)44)17-6-4-3-5-7-17/h3-12,15,20-21,23,25-26,37,40,45H,13-14H2,1-2H3. The lowest BCUT2D eigenvalue weighted by molar-refractivity contribution is -0.173. The third-order valence-corrected chi connectivity index (χ3v) is 12.2. The van der Waals surface area contributed by atoms with Crippen molar-refractivity contribution in [2.75, 3.05) is 12.5 Å². The van der Waals surface area contributed by atoms with Crippen molar-refractivity contribution in [3.05, 3.63) is 97.9 Å². The predicted molar refractivity (Wildman–Crippen MR) is 172 cm³/mol. The number of ether oxygens (including phenoxy) is 1. The lowest BCUT2D eigenvalue weighted by Gasteiger charge is -2.50. The van der Waals surface area contributed by atoms with Gasteiger partial charge in [-0.2, -0.15) is 10.1 Å². The minimum atomic E-state index is -1.50. The molecule has 0 radical (unpaired) electrons. The Hall–Kier alpha value is -4.00. The SMILES string of the molecule is COc1cc(C2C3=CCC4C(=O)N(O)C(=O)C4C3CC3C(=O)N(Nc4ccc(C)cc4)C(=O)C32c2ccccc2)c(Br)c(Br)c1O. The number of fused-ring (bicyclic) bond motifs is 4. The van der Waals surface area contributed by atoms with Gasteiger partial charge in [0.15, 0.2) is 11.5 Å². The van der Waals surface area contributed by atoms with Gasteiger partial charge in [0, 0.05) is 10.4 Å². The molecule has 7 rings (SSSR count). The van der Waals surface area contributed by atoms with E-state index < -0.39 is 58.6 Å². The summed E-state index contributed by atoms with van der Waals surface area (Å²) in [6.45, 7) is 1.94. The first kappa shape index (κ1) is 30.6. The molecule has 4 amide bonds. The number of aromatic hydroxyl groups is 1. The van der Waals surface area contributed by atoms with Crippen molar-refractivity contribution >= 4 is 61.2 Å². The number of nitrogens with zero attached hydrogens (tertiary/aromatic N) is 2. The smallest absolute Gasteiger partial charge is 0.260 e. The Balaban J connectivity index is 1.51. The summed E-state index contributed by atoms with van der Waals surface area (Å²) >= 11 is 7.13. The van der Waals surface area contributed by atoms with E-state index in [2.05, 4.69) is 37.3 Å². The number of hydrazine groups is 1. The number of carbonyl (C=O) groups is 4. The fourth-order valence-electron chi connectivity index (χ4n) is 8.05. The molecule has 10 nitrogen and oxygen atoms in total. The summed E-state index contributed by atoms with van der Waals surface area (Å²) in [6.07, 6.45) is 2.15. The number of nitrogens with one attached hydrogen (secondary N) is 1. The summed E-state index contributed by atoms with van der Waals surface area (Å²) in [4.78, 5) is 56.1. The molecule has 3 N–H and O–H groups in total. The summed E-state index contributed by atoms with van der Waals surface area (Å²) in [5.74, 6) is -6.50. The lowest BCUT2D eigenvalue weighted by atomic mass is 9.49. The van der Waals surface area contributed by atoms with Crippen LogP contribution in [0.25, 0.3) is 0 Å². The van der Waals surface area contributed by atoms with Crippen LogP contribution >= 0.6 is 31.9 Å². The monoisotopic (exact) mass is 749 g/mol. The number of rotatable bonds is 5. The fraction of sp³-hybridized carbons (Fsp3) is 0.294. The summed E-state index contributed by atoms with van der Waals surface area (Å²) < 4.78 is 6.27. The van der Waals surface area contributed by atoms with Crippen molar-refractivity contribution < 1.29 is 34.2 Å². The van der Waals surface area contributed by atoms with Gasteiger partial charge in [0.25, 0.3) is 23.6 Å². The molecule has 3 aromatic rings. The third kappa shape index (κ3) is 4.16. The molecule has 2 saturated heterocycles. The van der Waals surface area contributed by atoms with Gasteiger partial charge in [-0.1, -0.05) is 59.7 Å². The second kappa shape index (κ2) is 11.1. The van der Waals surface area contributed by atoms with E-state index in [1.165, 1.54) is 7.11 Å². The maximum absolute atomic E-state index is 15.2. The quantitative estimate of drug-likeness (QED) is 0.174. The highest BCUT2D eigenvalue weighted by molar-refractivity contribution is 9.13. The number of imide groups is 2. The van der Waals surface area contributed by atoms with E-state index in [-0.39, 0.29) is 33.9 Å². The Morgan fingerprint density at radius 2 is 1.63 bits per heavy atom. The van der Waals surface area contributed by atoms with E-state index in [9.17, 15) is 24.7 Å². The number of anilines is 1. The van der Waals surface area contributed by atoms with Crippen LogP contribution in [0.15, 0.2) is 81.3 Å². The summed E-state index contributed by atoms with van der Waals surface area (Å²) in [7, 11) is 1.42. The summed E-state index contributed by atoms with van der Waals surface area (Å²) in [6, 6.07) is 18.1. The number of hydrogen-bond acceptors (Lipinski definition) is 8. The largest absolute Gasteiger partial charge is 0.503 e. The van der Waals surface area contributed by atoms with Gasteiger partial charge in [-0.25, -0.2) is 0 Å². The Morgan fingerprint density at radius 1 is 0.935 bits per heavy atom. The van der Waals surface area contributed by atoms with Crippen LogP contribution in [0.2, 0.25) is 0 Å². The molecule has 1 saturated carbocycles. The van der Waals surface area contributed by atoms with E-state index in [1.54, 1.807) is 18.2 Å². The van der Waals surface area contributed by atoms with Crippen molar-refractivity contribution in [1.82, 2.24) is 10.1 Å². The van der Waals surface area contributed by atoms with E-state index in [0.29, 0.717) is 26.9 Å². The van der Waals surface area contributed by atoms with E-state index in [4.69, 9.17) is 4.74 Å². The molecule has 4 aliphatic rings. The van der Waals surface area contributed by atoms with Crippen molar-refractivity contribution in [3.8, 4) is 11.5 Å². The molecule has 0 bridgehead atoms. The van der Waals surface area contributed by atoms with Crippen LogP contribution in [0.1, 0.15) is 35.4 Å². The van der Waals surface area contributed by atoms with Crippen molar-refractivity contribution in [3.63, 3.8) is 0 Å². The van der Waals surface area contributed by atoms with Crippen LogP contribution in [0.5, 0.6) is 11.5 Å². The van der Waals surface area contributed by atoms with Gasteiger partial charge >= 0.3 is 0 Å². The molecule has 0 aromatic heterocycles. The molecule has 0 spiro atoms. The van der Waals surface area contributed by atoms with Crippen molar-refractivity contribution in [2.45, 2.75) is 31.1 Å². The molecule has 236 valence electrons. The second-order valence-corrected chi connectivity index (χ2v) is 13.8. The highest BCUT2D eigenvalue weighted by atomic mass is 79.9. The average molecular weight is 751 g/mol. The summed E-state index contributed by atoms with van der Waals surface area (Å²) in [5.41, 5.74) is 4.96. The number of methoxy groups -OCH3 is 1. The van der Waals surface area contributed by atoms with Gasteiger partial charge < -0.3 is 9.84 Å². The lowest BCUT2D eigenvalue weighted by Crippen LogP contribution is -2.53. The zero-order chi connectivity index (χ0) is 32.7. The van der Waals surface area contributed by atoms with Crippen LogP contribution in [0.4, 0.5) is 5.69 Å². The zero-order valence-corrected chi connectivity index (χ0v) is 27.9. The first-order chi connectivity index (χ1) is 22.0. The van der Waals surface area contributed by atoms with Crippen LogP contribution in [-0.2, 0) is 24.6 Å². The molecule has 2 heterocycles. The molecule has 12 heteroatoms. The topological polar surface area (TPSA) is 136 Å². The average Bonchev–Trinajstić information content (AvgIpc) is 3.42. The second-order valence-electron chi connectivity index (χ2n) is 12.2. The van der Waals surface area contributed by atoms with Crippen molar-refractivity contribution in [1.29, 1.82) is 0 Å². The highest BCUT2D eigenvalue weighted by Gasteiger charge is 2.70. The molecule has 3 aromatic carbocycles. The first-order valence-corrected chi connectivity index (χ1v) is 16.4. The number of phenols is 1. The van der Waals surface area contributed by atoms with Gasteiger partial charge in [-0.3, -0.25) is 29.8 Å². The Bertz CT molecular complexity index is 1850. The van der Waals surface area contributed by atoms with Gasteiger partial charge in [0.1, 0.15) is 0 Å². The Morgan fingerprint density at radius 3 is 2.30 bits per heavy atom. The van der Waals surface area contributed by atoms with Crippen molar-refractivity contribution in [2.24, 2.45) is 23.7 Å². The van der Waals surface area contributed by atoms with E-state index in [1.807, 2.05) is 55.5 Å². The highest BCUT2D eigenvalue weighted by Crippen LogP contribution is 2.65. The molecule has 3 fully saturated rings. The maximum Gasteiger partial charge on any atom is 0.260 e. The van der Waals surface area contributed by atoms with E-state index in [0.717, 1.165) is 10.6 Å². The van der Waals surface area contributed by atoms with E-state index >= 15 is 4.79 Å². The molecule has 46 heavy (non-hydrogen) atoms. The third-order valence-electron chi connectivity index (χ3n) is 10.1. The number of allylic oxidation sites excluding steroid dienone is 2. The van der Waals surface area contributed by atoms with Crippen LogP contribution in [-0.4, -0.2) is 51.1 Å². The Kier molecular flexibility index (Phi) is 7.37.